The van der Waals surface area contributed by atoms with Crippen LogP contribution in [0.25, 0.3) is 0 Å². The van der Waals surface area contributed by atoms with Crippen LogP contribution in [0, 0.1) is 19.8 Å². The summed E-state index contributed by atoms with van der Waals surface area (Å²) in [6, 6.07) is -0.0203. The highest BCUT2D eigenvalue weighted by Crippen LogP contribution is 2.24. The maximum absolute atomic E-state index is 12.9. The van der Waals surface area contributed by atoms with Gasteiger partial charge in [0.05, 0.1) is 23.8 Å². The zero-order valence-electron chi connectivity index (χ0n) is 19.4. The second kappa shape index (κ2) is 10.2. The molecule has 2 amide bonds. The van der Waals surface area contributed by atoms with E-state index in [4.69, 9.17) is 9.47 Å². The molecule has 1 aromatic heterocycles. The smallest absolute Gasteiger partial charge is 0.340 e. The molecule has 3 heterocycles. The van der Waals surface area contributed by atoms with E-state index in [1.54, 1.807) is 25.7 Å². The van der Waals surface area contributed by atoms with Crippen LogP contribution in [0.2, 0.25) is 0 Å². The van der Waals surface area contributed by atoms with Gasteiger partial charge >= 0.3 is 18.0 Å². The molecule has 0 aliphatic carbocycles. The Bertz CT molecular complexity index is 887. The summed E-state index contributed by atoms with van der Waals surface area (Å²) in [5.74, 6) is -1.83. The lowest BCUT2D eigenvalue weighted by atomic mass is 9.98. The van der Waals surface area contributed by atoms with Gasteiger partial charge in [0.25, 0.3) is 0 Å². The van der Waals surface area contributed by atoms with Crippen LogP contribution in [-0.2, 0) is 14.3 Å². The standard InChI is InChI=1S/C23H33N3O6/c1-5-31-22(29)18-14(2)19(24-15(18)3)20(27)16(4)32-21(28)17-9-8-12-26(13-17)23(30)25-10-6-7-11-25/h16-17,24H,5-13H2,1-4H3. The number of H-pyrrole nitrogens is 1. The lowest BCUT2D eigenvalue weighted by Crippen LogP contribution is -2.48. The quantitative estimate of drug-likeness (QED) is 0.531. The van der Waals surface area contributed by atoms with E-state index in [0.717, 1.165) is 32.4 Å². The second-order valence-electron chi connectivity index (χ2n) is 8.55. The molecular formula is C23H33N3O6. The van der Waals surface area contributed by atoms with Crippen LogP contribution in [0.5, 0.6) is 0 Å². The summed E-state index contributed by atoms with van der Waals surface area (Å²) in [5, 5.41) is 0. The van der Waals surface area contributed by atoms with Crippen LogP contribution in [0.3, 0.4) is 0 Å². The Labute approximate surface area is 188 Å². The van der Waals surface area contributed by atoms with Crippen molar-refractivity contribution < 1.29 is 28.7 Å². The molecule has 1 N–H and O–H groups in total. The molecule has 1 aromatic rings. The number of urea groups is 1. The number of likely N-dealkylation sites (tertiary alicyclic amines) is 2. The predicted molar refractivity (Wildman–Crippen MR) is 117 cm³/mol. The highest BCUT2D eigenvalue weighted by molar-refractivity contribution is 6.04. The van der Waals surface area contributed by atoms with Crippen LogP contribution in [-0.4, -0.2) is 77.4 Å². The van der Waals surface area contributed by atoms with Gasteiger partial charge in [0.15, 0.2) is 6.10 Å². The molecule has 176 valence electrons. The number of hydrogen-bond donors (Lipinski definition) is 1. The number of carbonyl (C=O) groups is 4. The maximum atomic E-state index is 12.9. The predicted octanol–water partition coefficient (Wildman–Crippen LogP) is 2.85. The van der Waals surface area contributed by atoms with E-state index in [1.165, 1.54) is 6.92 Å². The maximum Gasteiger partial charge on any atom is 0.340 e. The van der Waals surface area contributed by atoms with Crippen LogP contribution < -0.4 is 0 Å². The molecule has 9 nitrogen and oxygen atoms in total. The molecule has 2 aliphatic rings. The van der Waals surface area contributed by atoms with E-state index in [0.29, 0.717) is 36.3 Å². The van der Waals surface area contributed by atoms with E-state index in [1.807, 2.05) is 4.90 Å². The van der Waals surface area contributed by atoms with Gasteiger partial charge < -0.3 is 24.3 Å². The van der Waals surface area contributed by atoms with Gasteiger partial charge in [-0.1, -0.05) is 0 Å². The Morgan fingerprint density at radius 2 is 1.72 bits per heavy atom. The van der Waals surface area contributed by atoms with Gasteiger partial charge in [-0.15, -0.1) is 0 Å². The molecule has 0 bridgehead atoms. The fourth-order valence-corrected chi connectivity index (χ4v) is 4.48. The number of hydrogen-bond acceptors (Lipinski definition) is 6. The first kappa shape index (κ1) is 23.8. The lowest BCUT2D eigenvalue weighted by Gasteiger charge is -2.34. The number of amides is 2. The van der Waals surface area contributed by atoms with Gasteiger partial charge in [-0.2, -0.15) is 0 Å². The van der Waals surface area contributed by atoms with E-state index >= 15 is 0 Å². The molecule has 2 fully saturated rings. The van der Waals surface area contributed by atoms with Gasteiger partial charge in [-0.3, -0.25) is 9.59 Å². The third-order valence-electron chi connectivity index (χ3n) is 6.23. The van der Waals surface area contributed by atoms with Crippen LogP contribution in [0.4, 0.5) is 4.79 Å². The first-order valence-electron chi connectivity index (χ1n) is 11.4. The molecule has 2 atom stereocenters. The molecule has 0 radical (unpaired) electrons. The highest BCUT2D eigenvalue weighted by Gasteiger charge is 2.34. The van der Waals surface area contributed by atoms with Crippen molar-refractivity contribution in [3.05, 3.63) is 22.5 Å². The van der Waals surface area contributed by atoms with Crippen molar-refractivity contribution >= 4 is 23.8 Å². The van der Waals surface area contributed by atoms with E-state index in [2.05, 4.69) is 4.98 Å². The highest BCUT2D eigenvalue weighted by atomic mass is 16.5. The van der Waals surface area contributed by atoms with Crippen LogP contribution >= 0.6 is 0 Å². The Morgan fingerprint density at radius 3 is 2.38 bits per heavy atom. The van der Waals surface area contributed by atoms with Crippen LogP contribution in [0.15, 0.2) is 0 Å². The van der Waals surface area contributed by atoms with E-state index in [-0.39, 0.29) is 18.3 Å². The minimum atomic E-state index is -1.01. The number of ketones is 1. The zero-order chi connectivity index (χ0) is 23.4. The van der Waals surface area contributed by atoms with Gasteiger partial charge in [0.1, 0.15) is 0 Å². The number of nitrogens with one attached hydrogen (secondary N) is 1. The molecule has 32 heavy (non-hydrogen) atoms. The van der Waals surface area contributed by atoms with Crippen molar-refractivity contribution in [2.45, 2.75) is 59.5 Å². The Kier molecular flexibility index (Phi) is 7.58. The number of ether oxygens (including phenoxy) is 2. The molecule has 3 rings (SSSR count). The molecule has 0 saturated carbocycles. The van der Waals surface area contributed by atoms with Crippen molar-refractivity contribution in [1.82, 2.24) is 14.8 Å². The van der Waals surface area contributed by atoms with Crippen molar-refractivity contribution in [2.24, 2.45) is 5.92 Å². The fourth-order valence-electron chi connectivity index (χ4n) is 4.48. The molecule has 9 heteroatoms. The van der Waals surface area contributed by atoms with Crippen LogP contribution in [0.1, 0.15) is 71.6 Å². The average molecular weight is 448 g/mol. The Hall–Kier alpha value is -2.84. The van der Waals surface area contributed by atoms with Gasteiger partial charge in [-0.05, 0) is 58.9 Å². The minimum absolute atomic E-state index is 0.0203. The fraction of sp³-hybridized carbons (Fsp3) is 0.652. The summed E-state index contributed by atoms with van der Waals surface area (Å²) < 4.78 is 10.6. The van der Waals surface area contributed by atoms with Crippen molar-refractivity contribution in [3.63, 3.8) is 0 Å². The Morgan fingerprint density at radius 1 is 1.06 bits per heavy atom. The summed E-state index contributed by atoms with van der Waals surface area (Å²) in [4.78, 5) is 57.1. The van der Waals surface area contributed by atoms with Gasteiger partial charge in [-0.25, -0.2) is 9.59 Å². The van der Waals surface area contributed by atoms with Crippen molar-refractivity contribution in [1.29, 1.82) is 0 Å². The second-order valence-corrected chi connectivity index (χ2v) is 8.55. The molecule has 2 saturated heterocycles. The number of aromatic amines is 1. The SMILES string of the molecule is CCOC(=O)c1c(C)[nH]c(C(=O)C(C)OC(=O)C2CCCN(C(=O)N3CCCC3)C2)c1C. The van der Waals surface area contributed by atoms with Gasteiger partial charge in [0, 0.05) is 31.9 Å². The summed E-state index contributed by atoms with van der Waals surface area (Å²) in [7, 11) is 0. The monoisotopic (exact) mass is 447 g/mol. The minimum Gasteiger partial charge on any atom is -0.462 e. The first-order chi connectivity index (χ1) is 15.2. The molecule has 2 aliphatic heterocycles. The Balaban J connectivity index is 1.62. The summed E-state index contributed by atoms with van der Waals surface area (Å²) in [6.45, 7) is 9.30. The summed E-state index contributed by atoms with van der Waals surface area (Å²) >= 11 is 0. The molecule has 2 unspecified atom stereocenters. The van der Waals surface area contributed by atoms with E-state index < -0.39 is 29.7 Å². The molecule has 0 aromatic carbocycles. The number of aromatic nitrogens is 1. The number of piperidine rings is 1. The molecular weight excluding hydrogens is 414 g/mol. The normalized spacial score (nSPS) is 19.6. The van der Waals surface area contributed by atoms with Crippen molar-refractivity contribution in [2.75, 3.05) is 32.8 Å². The number of aryl methyl sites for hydroxylation is 1. The largest absolute Gasteiger partial charge is 0.462 e. The number of Topliss-reactive ketones (excluding diaryl/α,β-unsaturated/α-hetero) is 1. The number of rotatable bonds is 6. The zero-order valence-corrected chi connectivity index (χ0v) is 19.4. The third-order valence-corrected chi connectivity index (χ3v) is 6.23. The first-order valence-corrected chi connectivity index (χ1v) is 11.4. The third kappa shape index (κ3) is 4.97. The molecule has 0 spiro atoms. The topological polar surface area (TPSA) is 109 Å². The van der Waals surface area contributed by atoms with Gasteiger partial charge in [0.2, 0.25) is 5.78 Å². The summed E-state index contributed by atoms with van der Waals surface area (Å²) in [6.07, 6.45) is 2.36. The number of carbonyl (C=O) groups excluding carboxylic acids is 4. The number of esters is 2. The summed E-state index contributed by atoms with van der Waals surface area (Å²) in [5.41, 5.74) is 1.58. The van der Waals surface area contributed by atoms with Crippen molar-refractivity contribution in [3.8, 4) is 0 Å². The number of nitrogens with zero attached hydrogens (tertiary/aromatic N) is 2. The van der Waals surface area contributed by atoms with E-state index in [9.17, 15) is 19.2 Å². The lowest BCUT2D eigenvalue weighted by molar-refractivity contribution is -0.152. The average Bonchev–Trinajstić information content (AvgIpc) is 3.41.